The fourth-order valence-corrected chi connectivity index (χ4v) is 1.36. The molecule has 0 bridgehead atoms. The maximum atomic E-state index is 13.0. The molecular formula is C11H12F2N2OS. The van der Waals surface area contributed by atoms with Crippen LogP contribution in [0.1, 0.15) is 17.3 Å². The molecule has 0 aromatic heterocycles. The monoisotopic (exact) mass is 258 g/mol. The normalized spacial score (nSPS) is 12.0. The zero-order valence-electron chi connectivity index (χ0n) is 9.41. The number of benzene rings is 1. The van der Waals surface area contributed by atoms with E-state index in [0.29, 0.717) is 0 Å². The maximum Gasteiger partial charge on any atom is 0.254 e. The van der Waals surface area contributed by atoms with Crippen LogP contribution in [0.2, 0.25) is 0 Å². The molecule has 0 aliphatic heterocycles. The van der Waals surface area contributed by atoms with Crippen LogP contribution in [-0.2, 0) is 0 Å². The number of carbonyl (C=O) groups excluding carboxylic acids is 1. The number of nitrogens with two attached hydrogens (primary N) is 1. The van der Waals surface area contributed by atoms with E-state index in [1.54, 1.807) is 6.92 Å². The van der Waals surface area contributed by atoms with Gasteiger partial charge in [0.1, 0.15) is 0 Å². The summed E-state index contributed by atoms with van der Waals surface area (Å²) in [6.45, 7) is 1.65. The second-order valence-corrected chi connectivity index (χ2v) is 4.09. The number of amides is 1. The van der Waals surface area contributed by atoms with E-state index in [-0.39, 0.29) is 10.6 Å². The van der Waals surface area contributed by atoms with E-state index in [1.165, 1.54) is 18.0 Å². The predicted octanol–water partition coefficient (Wildman–Crippen LogP) is 1.71. The lowest BCUT2D eigenvalue weighted by atomic mass is 10.1. The Balaban J connectivity index is 2.96. The first kappa shape index (κ1) is 13.5. The second-order valence-electron chi connectivity index (χ2n) is 3.62. The van der Waals surface area contributed by atoms with E-state index in [2.05, 4.69) is 0 Å². The molecule has 0 aliphatic carbocycles. The quantitative estimate of drug-likeness (QED) is 0.840. The predicted molar refractivity (Wildman–Crippen MR) is 64.7 cm³/mol. The van der Waals surface area contributed by atoms with Gasteiger partial charge < -0.3 is 10.6 Å². The second kappa shape index (κ2) is 5.18. The van der Waals surface area contributed by atoms with Gasteiger partial charge in [-0.15, -0.1) is 0 Å². The summed E-state index contributed by atoms with van der Waals surface area (Å²) in [5, 5.41) is 0. The number of likely N-dealkylation sites (N-methyl/N-ethyl adjacent to an activating group) is 1. The third-order valence-corrected chi connectivity index (χ3v) is 2.82. The van der Waals surface area contributed by atoms with Gasteiger partial charge in [-0.25, -0.2) is 8.78 Å². The Kier molecular flexibility index (Phi) is 4.11. The number of thiocarbonyl (C=S) groups is 1. The summed E-state index contributed by atoms with van der Waals surface area (Å²) in [5.74, 6) is -2.52. The summed E-state index contributed by atoms with van der Waals surface area (Å²) < 4.78 is 25.7. The first-order valence-electron chi connectivity index (χ1n) is 4.86. The van der Waals surface area contributed by atoms with Crippen LogP contribution in [0.25, 0.3) is 0 Å². The molecule has 1 aromatic rings. The minimum Gasteiger partial charge on any atom is -0.392 e. The van der Waals surface area contributed by atoms with E-state index in [0.717, 1.165) is 12.1 Å². The molecule has 3 nitrogen and oxygen atoms in total. The highest BCUT2D eigenvalue weighted by molar-refractivity contribution is 7.80. The van der Waals surface area contributed by atoms with Gasteiger partial charge in [0.2, 0.25) is 0 Å². The van der Waals surface area contributed by atoms with E-state index >= 15 is 0 Å². The lowest BCUT2D eigenvalue weighted by Crippen LogP contribution is -2.42. The minimum absolute atomic E-state index is 0.0505. The van der Waals surface area contributed by atoms with Crippen LogP contribution in [0.3, 0.4) is 0 Å². The van der Waals surface area contributed by atoms with Crippen molar-refractivity contribution in [2.75, 3.05) is 7.05 Å². The van der Waals surface area contributed by atoms with Gasteiger partial charge >= 0.3 is 0 Å². The number of hydrogen-bond acceptors (Lipinski definition) is 2. The highest BCUT2D eigenvalue weighted by Gasteiger charge is 2.20. The fraction of sp³-hybridized carbons (Fsp3) is 0.273. The molecule has 0 saturated heterocycles. The molecule has 17 heavy (non-hydrogen) atoms. The molecule has 2 N–H and O–H groups in total. The Hall–Kier alpha value is -1.56. The average molecular weight is 258 g/mol. The van der Waals surface area contributed by atoms with Crippen molar-refractivity contribution in [3.8, 4) is 0 Å². The van der Waals surface area contributed by atoms with Crippen molar-refractivity contribution in [3.63, 3.8) is 0 Å². The molecule has 6 heteroatoms. The molecule has 92 valence electrons. The topological polar surface area (TPSA) is 46.3 Å². The van der Waals surface area contributed by atoms with Crippen LogP contribution in [0, 0.1) is 11.6 Å². The lowest BCUT2D eigenvalue weighted by molar-refractivity contribution is 0.0778. The van der Waals surface area contributed by atoms with E-state index in [4.69, 9.17) is 18.0 Å². The summed E-state index contributed by atoms with van der Waals surface area (Å²) in [6, 6.07) is 2.51. The van der Waals surface area contributed by atoms with Crippen molar-refractivity contribution >= 4 is 23.1 Å². The van der Waals surface area contributed by atoms with Crippen molar-refractivity contribution in [2.24, 2.45) is 5.73 Å². The largest absolute Gasteiger partial charge is 0.392 e. The van der Waals surface area contributed by atoms with Crippen LogP contribution in [0.4, 0.5) is 8.78 Å². The molecule has 0 heterocycles. The van der Waals surface area contributed by atoms with Gasteiger partial charge in [0.05, 0.1) is 11.0 Å². The Morgan fingerprint density at radius 3 is 2.47 bits per heavy atom. The molecule has 0 saturated carbocycles. The summed E-state index contributed by atoms with van der Waals surface area (Å²) in [6.07, 6.45) is 0. The van der Waals surface area contributed by atoms with Gasteiger partial charge in [0.25, 0.3) is 5.91 Å². The van der Waals surface area contributed by atoms with Crippen LogP contribution in [-0.4, -0.2) is 28.9 Å². The van der Waals surface area contributed by atoms with Crippen molar-refractivity contribution in [1.82, 2.24) is 4.90 Å². The minimum atomic E-state index is -1.06. The Bertz CT molecular complexity index is 465. The standard InChI is InChI=1S/C11H12F2N2OS/c1-6(10(14)17)15(2)11(16)7-3-4-8(12)9(13)5-7/h3-6H,1-2H3,(H2,14,17). The third-order valence-electron chi connectivity index (χ3n) is 2.48. The first-order chi connectivity index (χ1) is 7.84. The number of nitrogens with zero attached hydrogens (tertiary/aromatic N) is 1. The molecule has 0 fully saturated rings. The summed E-state index contributed by atoms with van der Waals surface area (Å²) in [5.41, 5.74) is 5.46. The van der Waals surface area contributed by atoms with Crippen molar-refractivity contribution in [2.45, 2.75) is 13.0 Å². The Morgan fingerprint density at radius 2 is 2.00 bits per heavy atom. The number of halogens is 2. The van der Waals surface area contributed by atoms with Crippen molar-refractivity contribution in [3.05, 3.63) is 35.4 Å². The van der Waals surface area contributed by atoms with Crippen LogP contribution < -0.4 is 5.73 Å². The molecule has 1 rings (SSSR count). The van der Waals surface area contributed by atoms with E-state index < -0.39 is 23.6 Å². The van der Waals surface area contributed by atoms with Gasteiger partial charge in [0.15, 0.2) is 11.6 Å². The van der Waals surface area contributed by atoms with Crippen molar-refractivity contribution in [1.29, 1.82) is 0 Å². The molecule has 0 aliphatic rings. The molecule has 1 atom stereocenters. The first-order valence-corrected chi connectivity index (χ1v) is 5.27. The zero-order valence-corrected chi connectivity index (χ0v) is 10.2. The maximum absolute atomic E-state index is 13.0. The number of carbonyl (C=O) groups is 1. The third kappa shape index (κ3) is 2.97. The van der Waals surface area contributed by atoms with Crippen LogP contribution in [0.15, 0.2) is 18.2 Å². The van der Waals surface area contributed by atoms with Crippen LogP contribution >= 0.6 is 12.2 Å². The smallest absolute Gasteiger partial charge is 0.254 e. The molecule has 1 aromatic carbocycles. The Labute approximate surface area is 103 Å². The van der Waals surface area contributed by atoms with E-state index in [9.17, 15) is 13.6 Å². The van der Waals surface area contributed by atoms with Crippen molar-refractivity contribution < 1.29 is 13.6 Å². The molecular weight excluding hydrogens is 246 g/mol. The number of hydrogen-bond donors (Lipinski definition) is 1. The summed E-state index contributed by atoms with van der Waals surface area (Å²) in [7, 11) is 1.49. The molecule has 0 radical (unpaired) electrons. The van der Waals surface area contributed by atoms with Crippen LogP contribution in [0.5, 0.6) is 0 Å². The lowest BCUT2D eigenvalue weighted by Gasteiger charge is -2.23. The van der Waals surface area contributed by atoms with Gasteiger partial charge in [-0.3, -0.25) is 4.79 Å². The summed E-state index contributed by atoms with van der Waals surface area (Å²) in [4.78, 5) is 13.3. The number of rotatable bonds is 3. The van der Waals surface area contributed by atoms with Gasteiger partial charge in [-0.1, -0.05) is 12.2 Å². The Morgan fingerprint density at radius 1 is 1.41 bits per heavy atom. The highest BCUT2D eigenvalue weighted by atomic mass is 32.1. The fourth-order valence-electron chi connectivity index (χ4n) is 1.20. The summed E-state index contributed by atoms with van der Waals surface area (Å²) >= 11 is 4.76. The van der Waals surface area contributed by atoms with Gasteiger partial charge in [-0.2, -0.15) is 0 Å². The van der Waals surface area contributed by atoms with Gasteiger partial charge in [0, 0.05) is 12.6 Å². The zero-order chi connectivity index (χ0) is 13.2. The average Bonchev–Trinajstić information content (AvgIpc) is 2.29. The van der Waals surface area contributed by atoms with E-state index in [1.807, 2.05) is 0 Å². The molecule has 0 spiro atoms. The SMILES string of the molecule is CC(C(N)=S)N(C)C(=O)c1ccc(F)c(F)c1. The highest BCUT2D eigenvalue weighted by Crippen LogP contribution is 2.12. The van der Waals surface area contributed by atoms with Gasteiger partial charge in [-0.05, 0) is 25.1 Å². The molecule has 1 unspecified atom stereocenters. The molecule has 1 amide bonds.